The molecule has 0 spiro atoms. The normalized spacial score (nSPS) is 8.92. The van der Waals surface area contributed by atoms with Crippen molar-refractivity contribution in [2.45, 2.75) is 0 Å². The van der Waals surface area contributed by atoms with Gasteiger partial charge in [0.1, 0.15) is 10.3 Å². The van der Waals surface area contributed by atoms with Crippen molar-refractivity contribution in [3.8, 4) is 11.8 Å². The number of hydrogen-bond donors (Lipinski definition) is 0. The highest BCUT2D eigenvalue weighted by atomic mass is 35.5. The quantitative estimate of drug-likeness (QED) is 0.372. The lowest BCUT2D eigenvalue weighted by atomic mass is 10.3. The third-order valence-corrected chi connectivity index (χ3v) is 1.58. The monoisotopic (exact) mass is 219 g/mol. The fourth-order valence-electron chi connectivity index (χ4n) is 0.673. The topological polar surface area (TPSA) is 12.9 Å². The first-order chi connectivity index (χ1) is 5.72. The standard InChI is InChI=1S/C8H4Cl3N/c9-3-1-2-6-4-7(10)12-8(11)5-6/h4-5H,3H2. The predicted octanol–water partition coefficient (Wildman–Crippen LogP) is 2.98. The molecule has 1 aromatic heterocycles. The molecule has 0 aromatic carbocycles. The summed E-state index contributed by atoms with van der Waals surface area (Å²) in [5.41, 5.74) is 0.723. The van der Waals surface area contributed by atoms with Gasteiger partial charge in [-0.3, -0.25) is 0 Å². The number of rotatable bonds is 0. The van der Waals surface area contributed by atoms with Crippen LogP contribution in [-0.2, 0) is 0 Å². The van der Waals surface area contributed by atoms with E-state index in [9.17, 15) is 0 Å². The highest BCUT2D eigenvalue weighted by Gasteiger charge is 1.95. The summed E-state index contributed by atoms with van der Waals surface area (Å²) in [5, 5.41) is 0.669. The largest absolute Gasteiger partial charge is 0.224 e. The SMILES string of the molecule is ClCC#Cc1cc(Cl)nc(Cl)c1. The minimum Gasteiger partial charge on any atom is -0.224 e. The van der Waals surface area contributed by atoms with E-state index >= 15 is 0 Å². The number of pyridine rings is 1. The van der Waals surface area contributed by atoms with Gasteiger partial charge in [0.15, 0.2) is 0 Å². The van der Waals surface area contributed by atoms with E-state index in [0.29, 0.717) is 10.3 Å². The van der Waals surface area contributed by atoms with Crippen LogP contribution in [0.5, 0.6) is 0 Å². The summed E-state index contributed by atoms with van der Waals surface area (Å²) < 4.78 is 0. The Morgan fingerprint density at radius 1 is 1.25 bits per heavy atom. The summed E-state index contributed by atoms with van der Waals surface area (Å²) in [7, 11) is 0. The smallest absolute Gasteiger partial charge is 0.132 e. The van der Waals surface area contributed by atoms with E-state index in [-0.39, 0.29) is 5.88 Å². The lowest BCUT2D eigenvalue weighted by Crippen LogP contribution is -1.80. The molecule has 0 fully saturated rings. The first-order valence-corrected chi connectivity index (χ1v) is 4.39. The molecule has 62 valence electrons. The molecule has 0 atom stereocenters. The Bertz CT molecular complexity index is 318. The van der Waals surface area contributed by atoms with Gasteiger partial charge in [0, 0.05) is 5.56 Å². The van der Waals surface area contributed by atoms with Crippen LogP contribution in [0, 0.1) is 11.8 Å². The Morgan fingerprint density at radius 2 is 1.83 bits per heavy atom. The molecule has 0 aliphatic carbocycles. The summed E-state index contributed by atoms with van der Waals surface area (Å²) in [6, 6.07) is 3.26. The second-order valence-corrected chi connectivity index (χ2v) is 2.98. The van der Waals surface area contributed by atoms with Crippen molar-refractivity contribution in [1.82, 2.24) is 4.98 Å². The summed E-state index contributed by atoms with van der Waals surface area (Å²) in [4.78, 5) is 3.77. The van der Waals surface area contributed by atoms with Crippen molar-refractivity contribution in [3.05, 3.63) is 28.0 Å². The molecular weight excluding hydrogens is 216 g/mol. The molecule has 0 radical (unpaired) electrons. The van der Waals surface area contributed by atoms with Gasteiger partial charge in [0.05, 0.1) is 5.88 Å². The van der Waals surface area contributed by atoms with E-state index in [1.807, 2.05) is 0 Å². The van der Waals surface area contributed by atoms with Crippen LogP contribution >= 0.6 is 34.8 Å². The zero-order chi connectivity index (χ0) is 8.97. The van der Waals surface area contributed by atoms with Gasteiger partial charge in [-0.1, -0.05) is 35.0 Å². The number of halogens is 3. The van der Waals surface area contributed by atoms with Crippen molar-refractivity contribution in [3.63, 3.8) is 0 Å². The second kappa shape index (κ2) is 4.57. The van der Waals surface area contributed by atoms with E-state index in [1.54, 1.807) is 12.1 Å². The number of nitrogens with zero attached hydrogens (tertiary/aromatic N) is 1. The summed E-state index contributed by atoms with van der Waals surface area (Å²) in [6.07, 6.45) is 0. The zero-order valence-corrected chi connectivity index (χ0v) is 8.21. The van der Waals surface area contributed by atoms with E-state index in [0.717, 1.165) is 5.56 Å². The molecule has 1 heterocycles. The molecule has 0 aliphatic heterocycles. The first kappa shape index (κ1) is 9.67. The van der Waals surface area contributed by atoms with Crippen molar-refractivity contribution < 1.29 is 0 Å². The Hall–Kier alpha value is -0.420. The van der Waals surface area contributed by atoms with Gasteiger partial charge in [-0.2, -0.15) is 0 Å². The van der Waals surface area contributed by atoms with Crippen LogP contribution in [0.15, 0.2) is 12.1 Å². The Labute approximate surface area is 85.7 Å². The highest BCUT2D eigenvalue weighted by Crippen LogP contribution is 2.13. The van der Waals surface area contributed by atoms with E-state index in [4.69, 9.17) is 34.8 Å². The predicted molar refractivity (Wildman–Crippen MR) is 51.9 cm³/mol. The average Bonchev–Trinajstić information content (AvgIpc) is 1.99. The summed E-state index contributed by atoms with van der Waals surface area (Å²) >= 11 is 16.6. The Kier molecular flexibility index (Phi) is 3.68. The van der Waals surface area contributed by atoms with Crippen molar-refractivity contribution in [1.29, 1.82) is 0 Å². The molecule has 0 saturated heterocycles. The molecule has 1 aromatic rings. The van der Waals surface area contributed by atoms with Crippen LogP contribution in [0.1, 0.15) is 5.56 Å². The lowest BCUT2D eigenvalue weighted by molar-refractivity contribution is 1.32. The Balaban J connectivity index is 3.01. The van der Waals surface area contributed by atoms with E-state index < -0.39 is 0 Å². The maximum atomic E-state index is 5.63. The fourth-order valence-corrected chi connectivity index (χ4v) is 1.20. The molecule has 1 rings (SSSR count). The highest BCUT2D eigenvalue weighted by molar-refractivity contribution is 6.32. The number of aromatic nitrogens is 1. The molecule has 1 nitrogen and oxygen atoms in total. The van der Waals surface area contributed by atoms with Gasteiger partial charge in [-0.05, 0) is 12.1 Å². The molecule has 4 heteroatoms. The Morgan fingerprint density at radius 3 is 2.33 bits per heavy atom. The van der Waals surface area contributed by atoms with Crippen LogP contribution in [0.3, 0.4) is 0 Å². The molecule has 0 aliphatic rings. The minimum absolute atomic E-state index is 0.289. The molecular formula is C8H4Cl3N. The van der Waals surface area contributed by atoms with Gasteiger partial charge >= 0.3 is 0 Å². The molecule has 0 N–H and O–H groups in total. The maximum absolute atomic E-state index is 5.63. The first-order valence-electron chi connectivity index (χ1n) is 3.10. The molecule has 0 bridgehead atoms. The minimum atomic E-state index is 0.289. The van der Waals surface area contributed by atoms with Crippen LogP contribution in [0.4, 0.5) is 0 Å². The summed E-state index contributed by atoms with van der Waals surface area (Å²) in [6.45, 7) is 0. The average molecular weight is 220 g/mol. The summed E-state index contributed by atoms with van der Waals surface area (Å²) in [5.74, 6) is 5.76. The fraction of sp³-hybridized carbons (Fsp3) is 0.125. The number of alkyl halides is 1. The van der Waals surface area contributed by atoms with Crippen LogP contribution in [0.25, 0.3) is 0 Å². The van der Waals surface area contributed by atoms with Crippen LogP contribution in [-0.4, -0.2) is 10.9 Å². The van der Waals surface area contributed by atoms with Crippen LogP contribution in [0.2, 0.25) is 10.3 Å². The van der Waals surface area contributed by atoms with Crippen molar-refractivity contribution >= 4 is 34.8 Å². The molecule has 0 unspecified atom stereocenters. The zero-order valence-electron chi connectivity index (χ0n) is 5.94. The second-order valence-electron chi connectivity index (χ2n) is 1.94. The lowest BCUT2D eigenvalue weighted by Gasteiger charge is -1.92. The van der Waals surface area contributed by atoms with Gasteiger partial charge in [0.2, 0.25) is 0 Å². The van der Waals surface area contributed by atoms with Crippen molar-refractivity contribution in [2.75, 3.05) is 5.88 Å². The third kappa shape index (κ3) is 2.91. The van der Waals surface area contributed by atoms with Crippen LogP contribution < -0.4 is 0 Å². The van der Waals surface area contributed by atoms with Crippen molar-refractivity contribution in [2.24, 2.45) is 0 Å². The van der Waals surface area contributed by atoms with E-state index in [2.05, 4.69) is 16.8 Å². The van der Waals surface area contributed by atoms with Gasteiger partial charge in [-0.15, -0.1) is 11.6 Å². The molecule has 0 saturated carbocycles. The molecule has 0 amide bonds. The third-order valence-electron chi connectivity index (χ3n) is 1.06. The maximum Gasteiger partial charge on any atom is 0.132 e. The van der Waals surface area contributed by atoms with Gasteiger partial charge in [-0.25, -0.2) is 4.98 Å². The van der Waals surface area contributed by atoms with E-state index in [1.165, 1.54) is 0 Å². The molecule has 12 heavy (non-hydrogen) atoms. The number of hydrogen-bond acceptors (Lipinski definition) is 1. The van der Waals surface area contributed by atoms with Gasteiger partial charge < -0.3 is 0 Å². The van der Waals surface area contributed by atoms with Gasteiger partial charge in [0.25, 0.3) is 0 Å².